The number of unbranched alkanes of at least 4 members (excludes halogenated alkanes) is 2. The predicted octanol–water partition coefficient (Wildman–Crippen LogP) is 3.87. The van der Waals surface area contributed by atoms with Crippen LogP contribution in [-0.4, -0.2) is 36.3 Å². The third kappa shape index (κ3) is 6.43. The fraction of sp³-hybridized carbons (Fsp3) is 0.579. The molecular formula is C19H30N2O2. The third-order valence-electron chi connectivity index (χ3n) is 3.73. The Morgan fingerprint density at radius 2 is 1.43 bits per heavy atom. The lowest BCUT2D eigenvalue weighted by molar-refractivity contribution is 0.0755. The van der Waals surface area contributed by atoms with Crippen molar-refractivity contribution in [2.24, 2.45) is 0 Å². The average Bonchev–Trinajstić information content (AvgIpc) is 2.58. The van der Waals surface area contributed by atoms with Gasteiger partial charge in [0.15, 0.2) is 0 Å². The fourth-order valence-electron chi connectivity index (χ4n) is 2.48. The standard InChI is InChI=1S/C19H30N2O2/c1-4-7-8-13-20-18(22)16-9-11-17(12-10-16)19(23)21(14-5-2)15-6-3/h9-12H,4-8,13-15H2,1-3H3,(H,20,22). The van der Waals surface area contributed by atoms with Gasteiger partial charge in [0.2, 0.25) is 0 Å². The Kier molecular flexibility index (Phi) is 9.03. The zero-order chi connectivity index (χ0) is 17.1. The van der Waals surface area contributed by atoms with Crippen LogP contribution in [0.1, 0.15) is 73.6 Å². The smallest absolute Gasteiger partial charge is 0.253 e. The molecule has 0 fully saturated rings. The molecule has 0 aromatic heterocycles. The van der Waals surface area contributed by atoms with Gasteiger partial charge in [0.05, 0.1) is 0 Å². The molecule has 0 unspecified atom stereocenters. The summed E-state index contributed by atoms with van der Waals surface area (Å²) in [4.78, 5) is 26.4. The van der Waals surface area contributed by atoms with E-state index in [1.54, 1.807) is 24.3 Å². The van der Waals surface area contributed by atoms with E-state index in [-0.39, 0.29) is 11.8 Å². The topological polar surface area (TPSA) is 49.4 Å². The highest BCUT2D eigenvalue weighted by molar-refractivity contribution is 5.97. The molecule has 4 nitrogen and oxygen atoms in total. The van der Waals surface area contributed by atoms with E-state index < -0.39 is 0 Å². The Balaban J connectivity index is 2.64. The van der Waals surface area contributed by atoms with E-state index in [1.165, 1.54) is 0 Å². The minimum absolute atomic E-state index is 0.0450. The van der Waals surface area contributed by atoms with Gasteiger partial charge in [-0.2, -0.15) is 0 Å². The number of carbonyl (C=O) groups excluding carboxylic acids is 2. The van der Waals surface area contributed by atoms with Gasteiger partial charge < -0.3 is 10.2 Å². The quantitative estimate of drug-likeness (QED) is 0.666. The summed E-state index contributed by atoms with van der Waals surface area (Å²) < 4.78 is 0. The van der Waals surface area contributed by atoms with Crippen molar-refractivity contribution in [1.82, 2.24) is 10.2 Å². The molecule has 1 aromatic rings. The summed E-state index contributed by atoms with van der Waals surface area (Å²) in [6, 6.07) is 6.97. The minimum atomic E-state index is -0.0703. The summed E-state index contributed by atoms with van der Waals surface area (Å²) in [6.45, 7) is 8.52. The lowest BCUT2D eigenvalue weighted by Gasteiger charge is -2.21. The van der Waals surface area contributed by atoms with Gasteiger partial charge in [-0.3, -0.25) is 9.59 Å². The van der Waals surface area contributed by atoms with Gasteiger partial charge in [0.1, 0.15) is 0 Å². The van der Waals surface area contributed by atoms with E-state index in [4.69, 9.17) is 0 Å². The first-order chi connectivity index (χ1) is 11.1. The molecular weight excluding hydrogens is 288 g/mol. The molecule has 0 atom stereocenters. The van der Waals surface area contributed by atoms with Crippen LogP contribution in [0.2, 0.25) is 0 Å². The van der Waals surface area contributed by atoms with E-state index >= 15 is 0 Å². The number of benzene rings is 1. The molecule has 0 aliphatic heterocycles. The van der Waals surface area contributed by atoms with Crippen LogP contribution in [0.4, 0.5) is 0 Å². The summed E-state index contributed by atoms with van der Waals surface area (Å²) >= 11 is 0. The van der Waals surface area contributed by atoms with Crippen molar-refractivity contribution in [3.8, 4) is 0 Å². The Labute approximate surface area is 140 Å². The molecule has 0 radical (unpaired) electrons. The summed E-state index contributed by atoms with van der Waals surface area (Å²) in [5, 5.41) is 2.91. The molecule has 128 valence electrons. The van der Waals surface area contributed by atoms with Gasteiger partial charge >= 0.3 is 0 Å². The number of nitrogens with one attached hydrogen (secondary N) is 1. The Morgan fingerprint density at radius 1 is 0.870 bits per heavy atom. The second kappa shape index (κ2) is 10.8. The summed E-state index contributed by atoms with van der Waals surface area (Å²) in [7, 11) is 0. The van der Waals surface area contributed by atoms with Gasteiger partial charge in [-0.1, -0.05) is 33.6 Å². The van der Waals surface area contributed by atoms with Gasteiger partial charge in [-0.25, -0.2) is 0 Å². The summed E-state index contributed by atoms with van der Waals surface area (Å²) in [6.07, 6.45) is 5.16. The molecule has 23 heavy (non-hydrogen) atoms. The maximum Gasteiger partial charge on any atom is 0.253 e. The van der Waals surface area contributed by atoms with E-state index in [1.807, 2.05) is 4.90 Å². The lowest BCUT2D eigenvalue weighted by atomic mass is 10.1. The second-order valence-electron chi connectivity index (χ2n) is 5.83. The van der Waals surface area contributed by atoms with Crippen LogP contribution in [0.3, 0.4) is 0 Å². The zero-order valence-electron chi connectivity index (χ0n) is 14.7. The molecule has 0 saturated carbocycles. The number of rotatable bonds is 10. The zero-order valence-corrected chi connectivity index (χ0v) is 14.7. The minimum Gasteiger partial charge on any atom is -0.352 e. The van der Waals surface area contributed by atoms with Crippen LogP contribution in [0.15, 0.2) is 24.3 Å². The van der Waals surface area contributed by atoms with Gasteiger partial charge in [-0.05, 0) is 43.5 Å². The molecule has 0 spiro atoms. The first-order valence-electron chi connectivity index (χ1n) is 8.81. The maximum atomic E-state index is 12.5. The molecule has 0 aliphatic rings. The van der Waals surface area contributed by atoms with E-state index in [0.29, 0.717) is 17.7 Å². The van der Waals surface area contributed by atoms with Gasteiger partial charge in [-0.15, -0.1) is 0 Å². The first-order valence-corrected chi connectivity index (χ1v) is 8.81. The lowest BCUT2D eigenvalue weighted by Crippen LogP contribution is -2.32. The van der Waals surface area contributed by atoms with E-state index in [9.17, 15) is 9.59 Å². The molecule has 0 bridgehead atoms. The van der Waals surface area contributed by atoms with Crippen molar-refractivity contribution < 1.29 is 9.59 Å². The maximum absolute atomic E-state index is 12.5. The Hall–Kier alpha value is -1.84. The molecule has 1 rings (SSSR count). The summed E-state index contributed by atoms with van der Waals surface area (Å²) in [5.74, 6) is -0.0253. The average molecular weight is 318 g/mol. The second-order valence-corrected chi connectivity index (χ2v) is 5.83. The fourth-order valence-corrected chi connectivity index (χ4v) is 2.48. The monoisotopic (exact) mass is 318 g/mol. The van der Waals surface area contributed by atoms with Crippen LogP contribution < -0.4 is 5.32 Å². The molecule has 0 saturated heterocycles. The Bertz CT molecular complexity index is 477. The normalized spacial score (nSPS) is 10.4. The van der Waals surface area contributed by atoms with Gasteiger partial charge in [0.25, 0.3) is 11.8 Å². The van der Waals surface area contributed by atoms with Crippen molar-refractivity contribution >= 4 is 11.8 Å². The number of hydrogen-bond acceptors (Lipinski definition) is 2. The van der Waals surface area contributed by atoms with Crippen molar-refractivity contribution in [2.45, 2.75) is 52.9 Å². The molecule has 0 heterocycles. The first kappa shape index (κ1) is 19.2. The molecule has 1 aromatic carbocycles. The van der Waals surface area contributed by atoms with Crippen LogP contribution in [0.25, 0.3) is 0 Å². The highest BCUT2D eigenvalue weighted by Crippen LogP contribution is 2.09. The molecule has 2 amide bonds. The SMILES string of the molecule is CCCCCNC(=O)c1ccc(C(=O)N(CCC)CCC)cc1. The number of hydrogen-bond donors (Lipinski definition) is 1. The van der Waals surface area contributed by atoms with Crippen molar-refractivity contribution in [3.05, 3.63) is 35.4 Å². The Morgan fingerprint density at radius 3 is 1.96 bits per heavy atom. The predicted molar refractivity (Wildman–Crippen MR) is 94.8 cm³/mol. The number of amides is 2. The third-order valence-corrected chi connectivity index (χ3v) is 3.73. The van der Waals surface area contributed by atoms with Crippen LogP contribution in [0.5, 0.6) is 0 Å². The number of nitrogens with zero attached hydrogens (tertiary/aromatic N) is 1. The number of carbonyl (C=O) groups is 2. The van der Waals surface area contributed by atoms with Crippen LogP contribution in [0, 0.1) is 0 Å². The van der Waals surface area contributed by atoms with Crippen LogP contribution in [-0.2, 0) is 0 Å². The van der Waals surface area contributed by atoms with E-state index in [0.717, 1.165) is 45.2 Å². The van der Waals surface area contributed by atoms with Crippen molar-refractivity contribution in [1.29, 1.82) is 0 Å². The highest BCUT2D eigenvalue weighted by Gasteiger charge is 2.14. The van der Waals surface area contributed by atoms with Gasteiger partial charge in [0, 0.05) is 30.8 Å². The van der Waals surface area contributed by atoms with E-state index in [2.05, 4.69) is 26.1 Å². The molecule has 1 N–H and O–H groups in total. The highest BCUT2D eigenvalue weighted by atomic mass is 16.2. The van der Waals surface area contributed by atoms with Crippen molar-refractivity contribution in [3.63, 3.8) is 0 Å². The largest absolute Gasteiger partial charge is 0.352 e. The van der Waals surface area contributed by atoms with Crippen molar-refractivity contribution in [2.75, 3.05) is 19.6 Å². The molecule has 4 heteroatoms. The molecule has 0 aliphatic carbocycles. The summed E-state index contributed by atoms with van der Waals surface area (Å²) in [5.41, 5.74) is 1.25. The van der Waals surface area contributed by atoms with Crippen LogP contribution >= 0.6 is 0 Å².